The molecule has 5 N–H and O–H groups in total. The predicted molar refractivity (Wildman–Crippen MR) is 110 cm³/mol. The zero-order chi connectivity index (χ0) is 21.2. The Morgan fingerprint density at radius 1 is 1.29 bits per heavy atom. The van der Waals surface area contributed by atoms with Gasteiger partial charge in [0, 0.05) is 25.4 Å². The van der Waals surface area contributed by atoms with Gasteiger partial charge in [-0.1, -0.05) is 17.7 Å². The maximum atomic E-state index is 10.7. The van der Waals surface area contributed by atoms with Gasteiger partial charge in [-0.3, -0.25) is 9.59 Å². The van der Waals surface area contributed by atoms with Crippen molar-refractivity contribution >= 4 is 6.47 Å². The molecule has 8 nitrogen and oxygen atoms in total. The van der Waals surface area contributed by atoms with Crippen LogP contribution in [-0.4, -0.2) is 55.0 Å². The maximum absolute atomic E-state index is 10.7. The summed E-state index contributed by atoms with van der Waals surface area (Å²) in [5.74, 6) is 0.917. The third kappa shape index (κ3) is 13.5. The first kappa shape index (κ1) is 25.3. The van der Waals surface area contributed by atoms with E-state index in [0.29, 0.717) is 0 Å². The number of rotatable bonds is 3. The highest BCUT2D eigenvalue weighted by Crippen LogP contribution is 2.09. The van der Waals surface area contributed by atoms with Crippen molar-refractivity contribution in [3.63, 3.8) is 0 Å². The van der Waals surface area contributed by atoms with Crippen LogP contribution in [-0.2, 0) is 11.3 Å². The van der Waals surface area contributed by atoms with E-state index in [2.05, 4.69) is 22.5 Å². The summed E-state index contributed by atoms with van der Waals surface area (Å²) in [6, 6.07) is 11.4. The summed E-state index contributed by atoms with van der Waals surface area (Å²) in [6.07, 6.45) is 2.51. The van der Waals surface area contributed by atoms with Gasteiger partial charge in [0.1, 0.15) is 5.75 Å². The molecule has 0 spiro atoms. The van der Waals surface area contributed by atoms with E-state index in [0.717, 1.165) is 37.4 Å². The number of benzene rings is 1. The molecular formula is C20H31N3O5. The van der Waals surface area contributed by atoms with Gasteiger partial charge in [-0.15, -0.1) is 0 Å². The van der Waals surface area contributed by atoms with Crippen LogP contribution in [0.15, 0.2) is 47.4 Å². The SMILES string of the molecule is CNCc1cc[nH]c(=O)c1.COc1ccc(C)cc1.O=CO.OC1CCNC1. The highest BCUT2D eigenvalue weighted by Gasteiger charge is 2.08. The molecule has 2 aromatic rings. The Bertz CT molecular complexity index is 683. The fourth-order valence-electron chi connectivity index (χ4n) is 2.12. The van der Waals surface area contributed by atoms with Crippen LogP contribution >= 0.6 is 0 Å². The highest BCUT2D eigenvalue weighted by atomic mass is 16.5. The van der Waals surface area contributed by atoms with E-state index in [1.165, 1.54) is 5.56 Å². The molecule has 0 radical (unpaired) electrons. The summed E-state index contributed by atoms with van der Waals surface area (Å²) in [5, 5.41) is 21.5. The Hall–Kier alpha value is -2.68. The molecule has 8 heteroatoms. The Balaban J connectivity index is 0.000000373. The minimum Gasteiger partial charge on any atom is -0.497 e. The molecule has 0 bridgehead atoms. The average molecular weight is 393 g/mol. The van der Waals surface area contributed by atoms with Crippen LogP contribution in [0.5, 0.6) is 5.75 Å². The third-order valence-electron chi connectivity index (χ3n) is 3.51. The lowest BCUT2D eigenvalue weighted by Gasteiger charge is -1.97. The fraction of sp³-hybridized carbons (Fsp3) is 0.400. The summed E-state index contributed by atoms with van der Waals surface area (Å²) < 4.78 is 4.97. The molecule has 156 valence electrons. The monoisotopic (exact) mass is 393 g/mol. The number of aromatic amines is 1. The number of aromatic nitrogens is 1. The lowest BCUT2D eigenvalue weighted by Crippen LogP contribution is -2.11. The molecule has 1 unspecified atom stereocenters. The molecule has 1 atom stereocenters. The first-order chi connectivity index (χ1) is 13.5. The van der Waals surface area contributed by atoms with E-state index in [4.69, 9.17) is 19.7 Å². The van der Waals surface area contributed by atoms with Crippen LogP contribution in [0.1, 0.15) is 17.5 Å². The summed E-state index contributed by atoms with van der Waals surface area (Å²) in [7, 11) is 3.52. The second-order valence-corrected chi connectivity index (χ2v) is 5.86. The van der Waals surface area contributed by atoms with Crippen molar-refractivity contribution in [1.82, 2.24) is 15.6 Å². The normalized spacial score (nSPS) is 14.2. The smallest absolute Gasteiger partial charge is 0.290 e. The van der Waals surface area contributed by atoms with Crippen molar-refractivity contribution < 1.29 is 19.7 Å². The standard InChI is InChI=1S/C8H10O.C7H10N2O.C4H9NO.CH2O2/c1-7-3-5-8(9-2)6-4-7;1-8-5-6-2-3-9-7(10)4-6;6-4-1-2-5-3-4;2-1-3/h3-6H,1-2H3;2-4,8H,5H2,1H3,(H,9,10);4-6H,1-3H2;1H,(H,2,3). The number of H-pyrrole nitrogens is 1. The minimum atomic E-state index is -0.250. The van der Waals surface area contributed by atoms with Crippen molar-refractivity contribution in [2.45, 2.75) is 26.0 Å². The largest absolute Gasteiger partial charge is 0.497 e. The second kappa shape index (κ2) is 16.5. The molecule has 1 saturated heterocycles. The molecule has 0 amide bonds. The van der Waals surface area contributed by atoms with E-state index in [-0.39, 0.29) is 18.1 Å². The third-order valence-corrected chi connectivity index (χ3v) is 3.51. The van der Waals surface area contributed by atoms with Crippen molar-refractivity contribution in [3.8, 4) is 5.75 Å². The molecule has 1 fully saturated rings. The topological polar surface area (TPSA) is 124 Å². The molecule has 28 heavy (non-hydrogen) atoms. The lowest BCUT2D eigenvalue weighted by atomic mass is 10.2. The van der Waals surface area contributed by atoms with Gasteiger partial charge in [0.05, 0.1) is 13.2 Å². The van der Waals surface area contributed by atoms with E-state index >= 15 is 0 Å². The van der Waals surface area contributed by atoms with Gasteiger partial charge in [0.15, 0.2) is 0 Å². The Kier molecular flexibility index (Phi) is 14.9. The van der Waals surface area contributed by atoms with Crippen LogP contribution in [0, 0.1) is 6.92 Å². The van der Waals surface area contributed by atoms with Crippen LogP contribution in [0.25, 0.3) is 0 Å². The number of methoxy groups -OCH3 is 1. The Morgan fingerprint density at radius 3 is 2.32 bits per heavy atom. The van der Waals surface area contributed by atoms with Crippen molar-refractivity contribution in [3.05, 3.63) is 64.1 Å². The van der Waals surface area contributed by atoms with Crippen molar-refractivity contribution in [2.24, 2.45) is 0 Å². The molecule has 1 aromatic heterocycles. The van der Waals surface area contributed by atoms with Crippen LogP contribution in [0.3, 0.4) is 0 Å². The van der Waals surface area contributed by atoms with Gasteiger partial charge in [-0.25, -0.2) is 0 Å². The average Bonchev–Trinajstić information content (AvgIpc) is 3.15. The van der Waals surface area contributed by atoms with E-state index in [1.807, 2.05) is 37.4 Å². The first-order valence-corrected chi connectivity index (χ1v) is 8.86. The number of aliphatic hydroxyl groups is 1. The Morgan fingerprint density at radius 2 is 1.93 bits per heavy atom. The summed E-state index contributed by atoms with van der Waals surface area (Å²) in [5.41, 5.74) is 2.22. The Labute approximate surface area is 165 Å². The van der Waals surface area contributed by atoms with Gasteiger partial charge in [0.25, 0.3) is 6.47 Å². The van der Waals surface area contributed by atoms with Gasteiger partial charge >= 0.3 is 0 Å². The second-order valence-electron chi connectivity index (χ2n) is 5.86. The van der Waals surface area contributed by atoms with E-state index in [1.54, 1.807) is 19.4 Å². The van der Waals surface area contributed by atoms with Gasteiger partial charge in [-0.05, 0) is 50.7 Å². The van der Waals surface area contributed by atoms with Gasteiger partial charge < -0.3 is 30.6 Å². The number of ether oxygens (including phenoxy) is 1. The summed E-state index contributed by atoms with van der Waals surface area (Å²) >= 11 is 0. The molecule has 3 rings (SSSR count). The van der Waals surface area contributed by atoms with Gasteiger partial charge in [0.2, 0.25) is 5.56 Å². The van der Waals surface area contributed by atoms with E-state index < -0.39 is 0 Å². The number of hydrogen-bond acceptors (Lipinski definition) is 6. The number of aliphatic hydroxyl groups excluding tert-OH is 1. The number of pyridine rings is 1. The van der Waals surface area contributed by atoms with Gasteiger partial charge in [-0.2, -0.15) is 0 Å². The maximum Gasteiger partial charge on any atom is 0.290 e. The van der Waals surface area contributed by atoms with Crippen molar-refractivity contribution in [2.75, 3.05) is 27.2 Å². The zero-order valence-corrected chi connectivity index (χ0v) is 16.6. The first-order valence-electron chi connectivity index (χ1n) is 8.86. The van der Waals surface area contributed by atoms with E-state index in [9.17, 15) is 4.79 Å². The number of carboxylic acid groups (broad SMARTS) is 1. The molecule has 1 aliphatic heterocycles. The van der Waals surface area contributed by atoms with Crippen LogP contribution < -0.4 is 20.9 Å². The molecule has 2 heterocycles. The fourth-order valence-corrected chi connectivity index (χ4v) is 2.12. The molecule has 0 aliphatic carbocycles. The number of β-amino-alcohol motifs (C(OH)–C–C–N with tert-alkyl or cyclic N) is 1. The number of aryl methyl sites for hydroxylation is 1. The lowest BCUT2D eigenvalue weighted by molar-refractivity contribution is -0.122. The number of nitrogens with one attached hydrogen (secondary N) is 3. The molecular weight excluding hydrogens is 362 g/mol. The number of hydrogen-bond donors (Lipinski definition) is 5. The van der Waals surface area contributed by atoms with Crippen LogP contribution in [0.4, 0.5) is 0 Å². The minimum absolute atomic E-state index is 0.0484. The van der Waals surface area contributed by atoms with Crippen LogP contribution in [0.2, 0.25) is 0 Å². The summed E-state index contributed by atoms with van der Waals surface area (Å²) in [4.78, 5) is 21.6. The molecule has 0 saturated carbocycles. The number of carbonyl (C=O) groups is 1. The highest BCUT2D eigenvalue weighted by molar-refractivity contribution is 5.32. The summed E-state index contributed by atoms with van der Waals surface area (Å²) in [6.45, 7) is 4.32. The quantitative estimate of drug-likeness (QED) is 0.495. The molecule has 1 aliphatic rings. The zero-order valence-electron chi connectivity index (χ0n) is 16.6. The van der Waals surface area contributed by atoms with Crippen molar-refractivity contribution in [1.29, 1.82) is 0 Å². The predicted octanol–water partition coefficient (Wildman–Crippen LogP) is 1.14. The molecule has 1 aromatic carbocycles.